The summed E-state index contributed by atoms with van der Waals surface area (Å²) in [7, 11) is 0. The Morgan fingerprint density at radius 2 is 1.67 bits per heavy atom. The van der Waals surface area contributed by atoms with Crippen LogP contribution in [0.25, 0.3) is 0 Å². The summed E-state index contributed by atoms with van der Waals surface area (Å²) in [5, 5.41) is 13.3. The third kappa shape index (κ3) is 4.66. The standard InChI is InChI=1S/C18H24N2O/c1-18(2,3)16-6-4-14(5-7-16)12-20-13-17(21)15-8-10-19-11-9-15/h4-11,17,20-21H,12-13H2,1-3H3. The van der Waals surface area contributed by atoms with Crippen molar-refractivity contribution < 1.29 is 5.11 Å². The molecule has 2 aromatic rings. The maximum absolute atomic E-state index is 10.1. The highest BCUT2D eigenvalue weighted by atomic mass is 16.3. The highest BCUT2D eigenvalue weighted by Gasteiger charge is 2.12. The van der Waals surface area contributed by atoms with Crippen LogP contribution in [0.15, 0.2) is 48.8 Å². The largest absolute Gasteiger partial charge is 0.387 e. The van der Waals surface area contributed by atoms with Gasteiger partial charge in [-0.2, -0.15) is 0 Å². The third-order valence-electron chi connectivity index (χ3n) is 3.58. The number of benzene rings is 1. The van der Waals surface area contributed by atoms with Gasteiger partial charge in [0.15, 0.2) is 0 Å². The van der Waals surface area contributed by atoms with Crippen molar-refractivity contribution in [2.75, 3.05) is 6.54 Å². The Labute approximate surface area is 127 Å². The fourth-order valence-electron chi connectivity index (χ4n) is 2.18. The van der Waals surface area contributed by atoms with Gasteiger partial charge in [0.25, 0.3) is 0 Å². The normalized spacial score (nSPS) is 13.1. The van der Waals surface area contributed by atoms with E-state index in [1.165, 1.54) is 11.1 Å². The molecule has 112 valence electrons. The monoisotopic (exact) mass is 284 g/mol. The molecule has 0 aliphatic heterocycles. The Bertz CT molecular complexity index is 544. The highest BCUT2D eigenvalue weighted by molar-refractivity contribution is 5.27. The molecule has 0 radical (unpaired) electrons. The van der Waals surface area contributed by atoms with Crippen molar-refractivity contribution in [2.24, 2.45) is 0 Å². The van der Waals surface area contributed by atoms with E-state index >= 15 is 0 Å². The summed E-state index contributed by atoms with van der Waals surface area (Å²) < 4.78 is 0. The fraction of sp³-hybridized carbons (Fsp3) is 0.389. The van der Waals surface area contributed by atoms with Gasteiger partial charge in [-0.3, -0.25) is 4.98 Å². The van der Waals surface area contributed by atoms with Crippen molar-refractivity contribution in [2.45, 2.75) is 38.8 Å². The first-order valence-corrected chi connectivity index (χ1v) is 7.35. The first-order valence-electron chi connectivity index (χ1n) is 7.35. The van der Waals surface area contributed by atoms with Crippen LogP contribution in [0.1, 0.15) is 43.6 Å². The summed E-state index contributed by atoms with van der Waals surface area (Å²) in [5.41, 5.74) is 3.64. The molecule has 3 nitrogen and oxygen atoms in total. The number of aliphatic hydroxyl groups is 1. The lowest BCUT2D eigenvalue weighted by Gasteiger charge is -2.19. The molecule has 3 heteroatoms. The SMILES string of the molecule is CC(C)(C)c1ccc(CNCC(O)c2ccncc2)cc1. The van der Waals surface area contributed by atoms with Gasteiger partial charge in [0.1, 0.15) is 0 Å². The predicted octanol–water partition coefficient (Wildman–Crippen LogP) is 3.20. The second-order valence-electron chi connectivity index (χ2n) is 6.37. The molecule has 0 amide bonds. The van der Waals surface area contributed by atoms with Gasteiger partial charge in [-0.1, -0.05) is 45.0 Å². The number of aromatic nitrogens is 1. The van der Waals surface area contributed by atoms with E-state index in [2.05, 4.69) is 55.3 Å². The number of hydrogen-bond donors (Lipinski definition) is 2. The first-order chi connectivity index (χ1) is 9.97. The van der Waals surface area contributed by atoms with Gasteiger partial charge >= 0.3 is 0 Å². The van der Waals surface area contributed by atoms with Gasteiger partial charge in [-0.15, -0.1) is 0 Å². The Kier molecular flexibility index (Phi) is 5.10. The lowest BCUT2D eigenvalue weighted by Crippen LogP contribution is -2.21. The molecular weight excluding hydrogens is 260 g/mol. The molecule has 1 unspecified atom stereocenters. The number of rotatable bonds is 5. The number of aliphatic hydroxyl groups excluding tert-OH is 1. The van der Waals surface area contributed by atoms with Crippen LogP contribution in [-0.2, 0) is 12.0 Å². The maximum atomic E-state index is 10.1. The average Bonchev–Trinajstić information content (AvgIpc) is 2.47. The summed E-state index contributed by atoms with van der Waals surface area (Å²) >= 11 is 0. The van der Waals surface area contributed by atoms with E-state index in [9.17, 15) is 5.11 Å². The lowest BCUT2D eigenvalue weighted by molar-refractivity contribution is 0.174. The smallest absolute Gasteiger partial charge is 0.0915 e. The average molecular weight is 284 g/mol. The highest BCUT2D eigenvalue weighted by Crippen LogP contribution is 2.22. The van der Waals surface area contributed by atoms with Crippen molar-refractivity contribution >= 4 is 0 Å². The zero-order chi connectivity index (χ0) is 15.3. The van der Waals surface area contributed by atoms with Crippen LogP contribution in [-0.4, -0.2) is 16.6 Å². The number of nitrogens with one attached hydrogen (secondary N) is 1. The van der Waals surface area contributed by atoms with Crippen LogP contribution < -0.4 is 5.32 Å². The van der Waals surface area contributed by atoms with Gasteiger partial charge in [0.05, 0.1) is 6.10 Å². The van der Waals surface area contributed by atoms with Crippen LogP contribution in [0.2, 0.25) is 0 Å². The zero-order valence-corrected chi connectivity index (χ0v) is 13.0. The fourth-order valence-corrected chi connectivity index (χ4v) is 2.18. The third-order valence-corrected chi connectivity index (χ3v) is 3.58. The molecule has 0 saturated heterocycles. The summed E-state index contributed by atoms with van der Waals surface area (Å²) in [6.45, 7) is 7.93. The van der Waals surface area contributed by atoms with Gasteiger partial charge in [0, 0.05) is 25.5 Å². The van der Waals surface area contributed by atoms with Crippen LogP contribution in [0.5, 0.6) is 0 Å². The predicted molar refractivity (Wildman–Crippen MR) is 86.0 cm³/mol. The van der Waals surface area contributed by atoms with Crippen molar-refractivity contribution in [3.8, 4) is 0 Å². The first kappa shape index (κ1) is 15.7. The van der Waals surface area contributed by atoms with Gasteiger partial charge in [-0.25, -0.2) is 0 Å². The summed E-state index contributed by atoms with van der Waals surface area (Å²) in [6.07, 6.45) is 2.90. The van der Waals surface area contributed by atoms with Crippen LogP contribution in [0.4, 0.5) is 0 Å². The molecule has 0 bridgehead atoms. The van der Waals surface area contributed by atoms with E-state index in [4.69, 9.17) is 0 Å². The molecule has 0 saturated carbocycles. The minimum Gasteiger partial charge on any atom is -0.387 e. The molecule has 0 spiro atoms. The summed E-state index contributed by atoms with van der Waals surface area (Å²) in [6, 6.07) is 12.3. The Hall–Kier alpha value is -1.71. The molecule has 1 heterocycles. The molecule has 0 aliphatic rings. The number of hydrogen-bond acceptors (Lipinski definition) is 3. The molecule has 2 rings (SSSR count). The molecule has 1 aromatic heterocycles. The molecule has 1 atom stereocenters. The van der Waals surface area contributed by atoms with Crippen LogP contribution in [0.3, 0.4) is 0 Å². The van der Waals surface area contributed by atoms with Crippen LogP contribution >= 0.6 is 0 Å². The van der Waals surface area contributed by atoms with E-state index in [-0.39, 0.29) is 5.41 Å². The maximum Gasteiger partial charge on any atom is 0.0915 e. The van der Waals surface area contributed by atoms with Crippen molar-refractivity contribution in [3.05, 3.63) is 65.5 Å². The van der Waals surface area contributed by atoms with E-state index < -0.39 is 6.10 Å². The Balaban J connectivity index is 1.84. The van der Waals surface area contributed by atoms with Crippen molar-refractivity contribution in [1.82, 2.24) is 10.3 Å². The van der Waals surface area contributed by atoms with Crippen molar-refractivity contribution in [3.63, 3.8) is 0 Å². The lowest BCUT2D eigenvalue weighted by atomic mass is 9.87. The van der Waals surface area contributed by atoms with Gasteiger partial charge in [-0.05, 0) is 34.2 Å². The second kappa shape index (κ2) is 6.83. The van der Waals surface area contributed by atoms with Gasteiger partial charge < -0.3 is 10.4 Å². The Morgan fingerprint density at radius 3 is 2.24 bits per heavy atom. The second-order valence-corrected chi connectivity index (χ2v) is 6.37. The molecule has 1 aromatic carbocycles. The molecule has 21 heavy (non-hydrogen) atoms. The number of nitrogens with zero attached hydrogens (tertiary/aromatic N) is 1. The van der Waals surface area contributed by atoms with E-state index in [1.807, 2.05) is 12.1 Å². The van der Waals surface area contributed by atoms with Crippen LogP contribution in [0, 0.1) is 0 Å². The quantitative estimate of drug-likeness (QED) is 0.886. The molecule has 0 fully saturated rings. The minimum atomic E-state index is -0.498. The molecule has 0 aliphatic carbocycles. The molecule has 2 N–H and O–H groups in total. The zero-order valence-electron chi connectivity index (χ0n) is 13.0. The topological polar surface area (TPSA) is 45.1 Å². The summed E-state index contributed by atoms with van der Waals surface area (Å²) in [5.74, 6) is 0. The molecular formula is C18H24N2O. The minimum absolute atomic E-state index is 0.184. The number of pyridine rings is 1. The summed E-state index contributed by atoms with van der Waals surface area (Å²) in [4.78, 5) is 3.95. The van der Waals surface area contributed by atoms with E-state index in [0.29, 0.717) is 6.54 Å². The van der Waals surface area contributed by atoms with Gasteiger partial charge in [0.2, 0.25) is 0 Å². The van der Waals surface area contributed by atoms with E-state index in [0.717, 1.165) is 12.1 Å². The Morgan fingerprint density at radius 1 is 1.05 bits per heavy atom. The van der Waals surface area contributed by atoms with E-state index in [1.54, 1.807) is 12.4 Å². The van der Waals surface area contributed by atoms with Crippen molar-refractivity contribution in [1.29, 1.82) is 0 Å².